The van der Waals surface area contributed by atoms with Crippen molar-refractivity contribution >= 4 is 26.0 Å². The Morgan fingerprint density at radius 3 is 2.52 bits per heavy atom. The zero-order valence-corrected chi connectivity index (χ0v) is 19.4. The summed E-state index contributed by atoms with van der Waals surface area (Å²) in [5.74, 6) is 1.07. The number of rotatable bonds is 10. The minimum absolute atomic E-state index is 0.0406. The maximum atomic E-state index is 11.4. The van der Waals surface area contributed by atoms with Crippen LogP contribution in [-0.4, -0.2) is 32.2 Å². The van der Waals surface area contributed by atoms with Gasteiger partial charge in [-0.15, -0.1) is 11.8 Å². The number of esters is 1. The second-order valence-corrected chi connectivity index (χ2v) is 15.0. The van der Waals surface area contributed by atoms with E-state index >= 15 is 0 Å². The van der Waals surface area contributed by atoms with Gasteiger partial charge in [-0.2, -0.15) is 0 Å². The largest absolute Gasteiger partial charge is 0.462 e. The molecule has 0 amide bonds. The maximum Gasteiger partial charge on any atom is 0.306 e. The zero-order chi connectivity index (χ0) is 19.9. The first-order valence-corrected chi connectivity index (χ1v) is 14.1. The van der Waals surface area contributed by atoms with Crippen LogP contribution in [0, 0.1) is 0 Å². The van der Waals surface area contributed by atoms with Gasteiger partial charge in [-0.3, -0.25) is 4.79 Å². The van der Waals surface area contributed by atoms with Crippen molar-refractivity contribution in [2.45, 2.75) is 94.5 Å². The molecule has 0 spiro atoms. The van der Waals surface area contributed by atoms with E-state index in [-0.39, 0.29) is 23.2 Å². The Bertz CT molecular complexity index is 583. The van der Waals surface area contributed by atoms with Crippen LogP contribution in [0.5, 0.6) is 0 Å². The summed E-state index contributed by atoms with van der Waals surface area (Å²) < 4.78 is 12.1. The number of hydrogen-bond donors (Lipinski definition) is 0. The van der Waals surface area contributed by atoms with E-state index < -0.39 is 8.32 Å². The second-order valence-electron chi connectivity index (χ2n) is 9.03. The van der Waals surface area contributed by atoms with E-state index in [1.165, 1.54) is 4.90 Å². The van der Waals surface area contributed by atoms with E-state index in [0.717, 1.165) is 37.9 Å². The monoisotopic (exact) mass is 408 g/mol. The molecule has 1 fully saturated rings. The molecule has 1 aromatic carbocycles. The highest BCUT2D eigenvalue weighted by Gasteiger charge is 2.39. The van der Waals surface area contributed by atoms with E-state index in [0.29, 0.717) is 6.42 Å². The fourth-order valence-corrected chi connectivity index (χ4v) is 5.35. The first-order valence-electron chi connectivity index (χ1n) is 10.2. The summed E-state index contributed by atoms with van der Waals surface area (Å²) in [5.41, 5.74) is 0. The molecule has 3 nitrogen and oxygen atoms in total. The molecule has 152 valence electrons. The Hall–Kier alpha value is -0.783. The topological polar surface area (TPSA) is 35.5 Å². The van der Waals surface area contributed by atoms with Crippen molar-refractivity contribution in [3.63, 3.8) is 0 Å². The van der Waals surface area contributed by atoms with Gasteiger partial charge in [0.05, 0.1) is 0 Å². The molecule has 1 aliphatic rings. The first kappa shape index (κ1) is 22.5. The first-order chi connectivity index (χ1) is 12.7. The third-order valence-corrected chi connectivity index (χ3v) is 11.4. The van der Waals surface area contributed by atoms with Gasteiger partial charge in [0.1, 0.15) is 6.10 Å². The Kier molecular flexibility index (Phi) is 8.44. The molecule has 1 aliphatic heterocycles. The fourth-order valence-electron chi connectivity index (χ4n) is 3.03. The standard InChI is InChI=1S/C22H36O3SSi/c1-22(2,3)27(4,5)25-19(14-13-18-15-16-21(23)24-18)10-9-17-26-20-11-7-6-8-12-20/h6-8,11-12,18-19H,9-10,13-17H2,1-5H3/t18-,19+/m1/s1. The lowest BCUT2D eigenvalue weighted by Crippen LogP contribution is -2.44. The van der Waals surface area contributed by atoms with E-state index in [4.69, 9.17) is 9.16 Å². The molecule has 0 N–H and O–H groups in total. The van der Waals surface area contributed by atoms with Crippen molar-refractivity contribution in [1.82, 2.24) is 0 Å². The minimum atomic E-state index is -1.80. The molecule has 1 aromatic rings. The zero-order valence-electron chi connectivity index (χ0n) is 17.6. The molecule has 0 saturated carbocycles. The van der Waals surface area contributed by atoms with Gasteiger partial charge in [-0.05, 0) is 68.1 Å². The Morgan fingerprint density at radius 2 is 1.93 bits per heavy atom. The summed E-state index contributed by atoms with van der Waals surface area (Å²) >= 11 is 1.92. The number of thioether (sulfide) groups is 1. The summed E-state index contributed by atoms with van der Waals surface area (Å²) in [4.78, 5) is 12.7. The summed E-state index contributed by atoms with van der Waals surface area (Å²) in [6.45, 7) is 11.5. The molecular weight excluding hydrogens is 372 g/mol. The van der Waals surface area contributed by atoms with Crippen LogP contribution < -0.4 is 0 Å². The maximum absolute atomic E-state index is 11.4. The van der Waals surface area contributed by atoms with Crippen molar-refractivity contribution < 1.29 is 14.0 Å². The van der Waals surface area contributed by atoms with Gasteiger partial charge in [0, 0.05) is 17.4 Å². The van der Waals surface area contributed by atoms with E-state index in [1.54, 1.807) is 0 Å². The van der Waals surface area contributed by atoms with E-state index in [1.807, 2.05) is 11.8 Å². The molecule has 0 aromatic heterocycles. The Balaban J connectivity index is 1.84. The average Bonchev–Trinajstić information content (AvgIpc) is 3.01. The second kappa shape index (κ2) is 10.1. The lowest BCUT2D eigenvalue weighted by molar-refractivity contribution is -0.141. The van der Waals surface area contributed by atoms with Gasteiger partial charge in [-0.1, -0.05) is 39.0 Å². The van der Waals surface area contributed by atoms with Crippen LogP contribution in [0.15, 0.2) is 35.2 Å². The van der Waals surface area contributed by atoms with Crippen LogP contribution in [0.1, 0.15) is 59.3 Å². The summed E-state index contributed by atoms with van der Waals surface area (Å²) in [6.07, 6.45) is 5.94. The highest BCUT2D eigenvalue weighted by molar-refractivity contribution is 7.99. The molecule has 2 atom stereocenters. The number of cyclic esters (lactones) is 1. The SMILES string of the molecule is CC(C)(C)[Si](C)(C)O[C@@H](CCCSc1ccccc1)CC[C@@H]1CCC(=O)O1. The molecular formula is C22H36O3SSi. The third-order valence-electron chi connectivity index (χ3n) is 5.73. The van der Waals surface area contributed by atoms with Gasteiger partial charge in [-0.25, -0.2) is 0 Å². The molecule has 1 heterocycles. The van der Waals surface area contributed by atoms with Crippen molar-refractivity contribution in [2.75, 3.05) is 5.75 Å². The number of hydrogen-bond acceptors (Lipinski definition) is 4. The summed E-state index contributed by atoms with van der Waals surface area (Å²) in [7, 11) is -1.80. The molecule has 2 rings (SSSR count). The van der Waals surface area contributed by atoms with Crippen molar-refractivity contribution in [3.05, 3.63) is 30.3 Å². The summed E-state index contributed by atoms with van der Waals surface area (Å²) in [5, 5.41) is 0.212. The predicted octanol–water partition coefficient (Wildman–Crippen LogP) is 6.44. The van der Waals surface area contributed by atoms with Crippen LogP contribution in [0.25, 0.3) is 0 Å². The lowest BCUT2D eigenvalue weighted by atomic mass is 10.0. The predicted molar refractivity (Wildman–Crippen MR) is 117 cm³/mol. The molecule has 0 bridgehead atoms. The van der Waals surface area contributed by atoms with Crippen LogP contribution in [-0.2, 0) is 14.0 Å². The molecule has 0 unspecified atom stereocenters. The smallest absolute Gasteiger partial charge is 0.306 e. The Labute approximate surface area is 170 Å². The van der Waals surface area contributed by atoms with Crippen LogP contribution in [0.2, 0.25) is 18.1 Å². The third kappa shape index (κ3) is 7.63. The number of benzene rings is 1. The van der Waals surface area contributed by atoms with Gasteiger partial charge < -0.3 is 9.16 Å². The molecule has 0 aliphatic carbocycles. The number of carbonyl (C=O) groups is 1. The number of carbonyl (C=O) groups excluding carboxylic acids is 1. The quantitative estimate of drug-likeness (QED) is 0.193. The highest BCUT2D eigenvalue weighted by atomic mass is 32.2. The fraction of sp³-hybridized carbons (Fsp3) is 0.682. The molecule has 27 heavy (non-hydrogen) atoms. The van der Waals surface area contributed by atoms with Crippen LogP contribution in [0.3, 0.4) is 0 Å². The molecule has 1 saturated heterocycles. The van der Waals surface area contributed by atoms with Crippen molar-refractivity contribution in [2.24, 2.45) is 0 Å². The molecule has 0 radical (unpaired) electrons. The van der Waals surface area contributed by atoms with Crippen molar-refractivity contribution in [3.8, 4) is 0 Å². The van der Waals surface area contributed by atoms with Gasteiger partial charge in [0.25, 0.3) is 0 Å². The van der Waals surface area contributed by atoms with Gasteiger partial charge in [0.2, 0.25) is 0 Å². The van der Waals surface area contributed by atoms with E-state index in [2.05, 4.69) is 64.2 Å². The normalized spacial score (nSPS) is 19.1. The summed E-state index contributed by atoms with van der Waals surface area (Å²) in [6, 6.07) is 10.6. The molecule has 5 heteroatoms. The Morgan fingerprint density at radius 1 is 1.22 bits per heavy atom. The van der Waals surface area contributed by atoms with Crippen molar-refractivity contribution in [1.29, 1.82) is 0 Å². The van der Waals surface area contributed by atoms with Gasteiger partial charge >= 0.3 is 5.97 Å². The van der Waals surface area contributed by atoms with Gasteiger partial charge in [0.15, 0.2) is 8.32 Å². The number of ether oxygens (including phenoxy) is 1. The van der Waals surface area contributed by atoms with Crippen LogP contribution in [0.4, 0.5) is 0 Å². The lowest BCUT2D eigenvalue weighted by Gasteiger charge is -2.39. The average molecular weight is 409 g/mol. The van der Waals surface area contributed by atoms with E-state index in [9.17, 15) is 4.79 Å². The van der Waals surface area contributed by atoms with Crippen LogP contribution >= 0.6 is 11.8 Å². The minimum Gasteiger partial charge on any atom is -0.462 e. The highest BCUT2D eigenvalue weighted by Crippen LogP contribution is 2.38.